The molecule has 0 aliphatic heterocycles. The summed E-state index contributed by atoms with van der Waals surface area (Å²) in [5.74, 6) is 0. The maximum Gasteiger partial charge on any atom is 0.137 e. The second kappa shape index (κ2) is 6.03. The van der Waals surface area contributed by atoms with Crippen LogP contribution in [0.3, 0.4) is 0 Å². The molecule has 3 heterocycles. The van der Waals surface area contributed by atoms with Crippen molar-refractivity contribution in [3.63, 3.8) is 0 Å². The molecule has 0 atom stereocenters. The van der Waals surface area contributed by atoms with Crippen LogP contribution in [0, 0.1) is 0 Å². The Morgan fingerprint density at radius 2 is 2.05 bits per heavy atom. The van der Waals surface area contributed by atoms with Crippen LogP contribution in [0.2, 0.25) is 5.02 Å². The highest BCUT2D eigenvalue weighted by Gasteiger charge is 2.01. The monoisotopic (exact) mass is 286 g/mol. The van der Waals surface area contributed by atoms with E-state index in [9.17, 15) is 0 Å². The Bertz CT molecular complexity index is 693. The molecule has 0 bridgehead atoms. The van der Waals surface area contributed by atoms with Gasteiger partial charge in [0, 0.05) is 43.8 Å². The number of nitrogens with one attached hydrogen (secondary N) is 1. The van der Waals surface area contributed by atoms with E-state index in [2.05, 4.69) is 15.3 Å². The van der Waals surface area contributed by atoms with Crippen LogP contribution in [0.25, 0.3) is 5.65 Å². The molecule has 0 aliphatic carbocycles. The summed E-state index contributed by atoms with van der Waals surface area (Å²) < 4.78 is 1.94. The van der Waals surface area contributed by atoms with E-state index in [0.717, 1.165) is 36.5 Å². The van der Waals surface area contributed by atoms with Crippen molar-refractivity contribution in [3.05, 3.63) is 65.3 Å². The van der Waals surface area contributed by atoms with Crippen LogP contribution in [0.4, 0.5) is 0 Å². The number of halogens is 1. The molecule has 3 aromatic heterocycles. The van der Waals surface area contributed by atoms with Gasteiger partial charge in [0.15, 0.2) is 0 Å². The molecule has 0 amide bonds. The third-order valence-electron chi connectivity index (χ3n) is 3.06. The fourth-order valence-corrected chi connectivity index (χ4v) is 2.25. The Labute approximate surface area is 122 Å². The molecular weight excluding hydrogens is 272 g/mol. The molecule has 5 heteroatoms. The number of imidazole rings is 1. The maximum atomic E-state index is 5.95. The van der Waals surface area contributed by atoms with Crippen LogP contribution in [0.15, 0.2) is 48.9 Å². The van der Waals surface area contributed by atoms with Crippen LogP contribution < -0.4 is 5.32 Å². The summed E-state index contributed by atoms with van der Waals surface area (Å²) in [6, 6.07) is 9.74. The van der Waals surface area contributed by atoms with Gasteiger partial charge in [0.05, 0.1) is 10.7 Å². The van der Waals surface area contributed by atoms with Crippen molar-refractivity contribution in [3.8, 4) is 0 Å². The Morgan fingerprint density at radius 1 is 1.10 bits per heavy atom. The van der Waals surface area contributed by atoms with Crippen molar-refractivity contribution in [2.24, 2.45) is 0 Å². The zero-order valence-electron chi connectivity index (χ0n) is 11.0. The molecule has 0 unspecified atom stereocenters. The predicted octanol–water partition coefficient (Wildman–Crippen LogP) is 2.72. The zero-order chi connectivity index (χ0) is 13.8. The molecule has 3 rings (SSSR count). The minimum absolute atomic E-state index is 0.713. The number of hydrogen-bond acceptors (Lipinski definition) is 3. The van der Waals surface area contributed by atoms with Gasteiger partial charge in [0.25, 0.3) is 0 Å². The van der Waals surface area contributed by atoms with Gasteiger partial charge in [-0.25, -0.2) is 4.98 Å². The largest absolute Gasteiger partial charge is 0.311 e. The average Bonchev–Trinajstić information content (AvgIpc) is 2.86. The van der Waals surface area contributed by atoms with Crippen LogP contribution in [0.5, 0.6) is 0 Å². The lowest BCUT2D eigenvalue weighted by atomic mass is 10.3. The van der Waals surface area contributed by atoms with Crippen molar-refractivity contribution in [1.29, 1.82) is 0 Å². The quantitative estimate of drug-likeness (QED) is 0.733. The lowest BCUT2D eigenvalue weighted by molar-refractivity contribution is 0.671. The molecule has 20 heavy (non-hydrogen) atoms. The smallest absolute Gasteiger partial charge is 0.137 e. The van der Waals surface area contributed by atoms with Crippen LogP contribution >= 0.6 is 11.6 Å². The van der Waals surface area contributed by atoms with E-state index in [1.54, 1.807) is 0 Å². The van der Waals surface area contributed by atoms with Crippen molar-refractivity contribution < 1.29 is 0 Å². The number of pyridine rings is 2. The number of aromatic nitrogens is 3. The summed E-state index contributed by atoms with van der Waals surface area (Å²) in [5, 5.41) is 4.09. The van der Waals surface area contributed by atoms with Crippen molar-refractivity contribution in [2.45, 2.75) is 13.0 Å². The van der Waals surface area contributed by atoms with E-state index in [-0.39, 0.29) is 0 Å². The van der Waals surface area contributed by atoms with Crippen molar-refractivity contribution >= 4 is 17.2 Å². The molecule has 0 fully saturated rings. The van der Waals surface area contributed by atoms with Crippen LogP contribution in [-0.4, -0.2) is 20.9 Å². The molecule has 0 aromatic carbocycles. The Kier molecular flexibility index (Phi) is 3.95. The summed E-state index contributed by atoms with van der Waals surface area (Å²) in [5.41, 5.74) is 3.02. The normalized spacial score (nSPS) is 11.1. The highest BCUT2D eigenvalue weighted by Crippen LogP contribution is 2.11. The zero-order valence-corrected chi connectivity index (χ0v) is 11.7. The Balaban J connectivity index is 1.55. The molecular formula is C15H15ClN4. The van der Waals surface area contributed by atoms with E-state index in [0.29, 0.717) is 5.02 Å². The van der Waals surface area contributed by atoms with E-state index < -0.39 is 0 Å². The fraction of sp³-hybridized carbons (Fsp3) is 0.200. The Morgan fingerprint density at radius 3 is 2.90 bits per heavy atom. The Hall–Kier alpha value is -1.91. The third kappa shape index (κ3) is 3.15. The molecule has 102 valence electrons. The summed E-state index contributed by atoms with van der Waals surface area (Å²) in [6.07, 6.45) is 6.59. The first-order valence-electron chi connectivity index (χ1n) is 6.55. The molecule has 4 nitrogen and oxygen atoms in total. The van der Waals surface area contributed by atoms with Gasteiger partial charge in [-0.2, -0.15) is 0 Å². The first-order chi connectivity index (χ1) is 9.81. The molecule has 3 aromatic rings. The van der Waals surface area contributed by atoms with Gasteiger partial charge in [-0.1, -0.05) is 17.7 Å². The minimum Gasteiger partial charge on any atom is -0.311 e. The van der Waals surface area contributed by atoms with E-state index >= 15 is 0 Å². The van der Waals surface area contributed by atoms with Gasteiger partial charge in [-0.3, -0.25) is 4.98 Å². The highest BCUT2D eigenvalue weighted by atomic mass is 35.5. The number of fused-ring (bicyclic) bond motifs is 1. The van der Waals surface area contributed by atoms with Crippen LogP contribution in [0.1, 0.15) is 11.4 Å². The molecule has 0 spiro atoms. The lowest BCUT2D eigenvalue weighted by Gasteiger charge is -2.01. The van der Waals surface area contributed by atoms with Gasteiger partial charge in [-0.15, -0.1) is 0 Å². The van der Waals surface area contributed by atoms with E-state index in [1.807, 2.05) is 53.3 Å². The van der Waals surface area contributed by atoms with Gasteiger partial charge in [-0.05, 0) is 24.3 Å². The maximum absolute atomic E-state index is 5.95. The lowest BCUT2D eigenvalue weighted by Crippen LogP contribution is -2.17. The molecule has 0 aliphatic rings. The van der Waals surface area contributed by atoms with Crippen LogP contribution in [-0.2, 0) is 13.0 Å². The standard InChI is InChI=1S/C15H15ClN4/c16-12-4-5-15-19-14(11-20(15)10-12)9-17-8-6-13-3-1-2-7-18-13/h1-5,7,10-11,17H,6,8-9H2. The summed E-state index contributed by atoms with van der Waals surface area (Å²) in [6.45, 7) is 1.62. The van der Waals surface area contributed by atoms with Gasteiger partial charge in [0.1, 0.15) is 5.65 Å². The minimum atomic E-state index is 0.713. The first-order valence-corrected chi connectivity index (χ1v) is 6.93. The van der Waals surface area contributed by atoms with Gasteiger partial charge >= 0.3 is 0 Å². The van der Waals surface area contributed by atoms with E-state index in [4.69, 9.17) is 11.6 Å². The summed E-state index contributed by atoms with van der Waals surface area (Å²) in [7, 11) is 0. The predicted molar refractivity (Wildman–Crippen MR) is 79.8 cm³/mol. The SMILES string of the molecule is Clc1ccc2nc(CNCCc3ccccn3)cn2c1. The van der Waals surface area contributed by atoms with Crippen molar-refractivity contribution in [2.75, 3.05) is 6.54 Å². The third-order valence-corrected chi connectivity index (χ3v) is 3.28. The second-order valence-electron chi connectivity index (χ2n) is 4.59. The summed E-state index contributed by atoms with van der Waals surface area (Å²) >= 11 is 5.95. The van der Waals surface area contributed by atoms with Gasteiger partial charge in [0.2, 0.25) is 0 Å². The fourth-order valence-electron chi connectivity index (χ4n) is 2.08. The summed E-state index contributed by atoms with van der Waals surface area (Å²) in [4.78, 5) is 8.82. The molecule has 0 radical (unpaired) electrons. The van der Waals surface area contributed by atoms with E-state index in [1.165, 1.54) is 0 Å². The molecule has 1 N–H and O–H groups in total. The highest BCUT2D eigenvalue weighted by molar-refractivity contribution is 6.30. The molecule has 0 saturated carbocycles. The average molecular weight is 287 g/mol. The number of hydrogen-bond donors (Lipinski definition) is 1. The second-order valence-corrected chi connectivity index (χ2v) is 5.03. The number of rotatable bonds is 5. The molecule has 0 saturated heterocycles. The topological polar surface area (TPSA) is 42.2 Å². The van der Waals surface area contributed by atoms with Crippen molar-refractivity contribution in [1.82, 2.24) is 19.7 Å². The first kappa shape index (κ1) is 13.1. The van der Waals surface area contributed by atoms with Gasteiger partial charge < -0.3 is 9.72 Å². The number of nitrogens with zero attached hydrogens (tertiary/aromatic N) is 3.